The molecule has 1 N–H and O–H groups in total. The van der Waals surface area contributed by atoms with Crippen molar-refractivity contribution in [3.05, 3.63) is 59.9 Å². The molecule has 0 radical (unpaired) electrons. The lowest BCUT2D eigenvalue weighted by molar-refractivity contribution is -0.114. The molecular weight excluding hydrogens is 409 g/mol. The van der Waals surface area contributed by atoms with Crippen LogP contribution in [0.3, 0.4) is 0 Å². The highest BCUT2D eigenvalue weighted by Gasteiger charge is 2.33. The van der Waals surface area contributed by atoms with E-state index in [0.29, 0.717) is 24.3 Å². The molecule has 0 saturated carbocycles. The van der Waals surface area contributed by atoms with E-state index in [9.17, 15) is 22.4 Å². The van der Waals surface area contributed by atoms with E-state index < -0.39 is 21.9 Å². The average Bonchev–Trinajstić information content (AvgIpc) is 2.73. The van der Waals surface area contributed by atoms with Crippen LogP contribution < -0.4 is 5.32 Å². The smallest absolute Gasteiger partial charge is 0.246 e. The van der Waals surface area contributed by atoms with Crippen molar-refractivity contribution in [1.29, 1.82) is 0 Å². The summed E-state index contributed by atoms with van der Waals surface area (Å²) in [5, 5.41) is 2.65. The molecule has 0 unspecified atom stereocenters. The molecule has 7 nitrogen and oxygen atoms in total. The number of carbonyl (C=O) groups excluding carboxylic acids is 2. The van der Waals surface area contributed by atoms with Crippen LogP contribution in [0.5, 0.6) is 0 Å². The number of hydrogen-bond donors (Lipinski definition) is 1. The first kappa shape index (κ1) is 22.1. The molecule has 9 heteroatoms. The zero-order chi connectivity index (χ0) is 21.9. The normalized spacial score (nSPS) is 16.8. The van der Waals surface area contributed by atoms with Crippen LogP contribution in [0, 0.1) is 5.82 Å². The SMILES string of the molecule is CC(=O)Nc1ccc(C(=O)[C@@H](C)N2CCN(S(=O)(=O)c3ccccc3F)CC2)cc1. The fourth-order valence-electron chi connectivity index (χ4n) is 3.45. The third-order valence-corrected chi connectivity index (χ3v) is 7.08. The van der Waals surface area contributed by atoms with Gasteiger partial charge in [0.05, 0.1) is 6.04 Å². The number of nitrogens with zero attached hydrogens (tertiary/aromatic N) is 2. The van der Waals surface area contributed by atoms with Gasteiger partial charge in [-0.3, -0.25) is 14.5 Å². The van der Waals surface area contributed by atoms with Gasteiger partial charge in [-0.25, -0.2) is 12.8 Å². The average molecular weight is 434 g/mol. The van der Waals surface area contributed by atoms with Crippen molar-refractivity contribution in [3.8, 4) is 0 Å². The van der Waals surface area contributed by atoms with Crippen LogP contribution in [0.25, 0.3) is 0 Å². The Balaban J connectivity index is 1.63. The van der Waals surface area contributed by atoms with Crippen LogP contribution in [-0.2, 0) is 14.8 Å². The van der Waals surface area contributed by atoms with Crippen molar-refractivity contribution in [1.82, 2.24) is 9.21 Å². The van der Waals surface area contributed by atoms with Gasteiger partial charge in [0.15, 0.2) is 5.78 Å². The zero-order valence-corrected chi connectivity index (χ0v) is 17.7. The van der Waals surface area contributed by atoms with Crippen LogP contribution in [0.2, 0.25) is 0 Å². The number of ketones is 1. The van der Waals surface area contributed by atoms with Gasteiger partial charge in [0.2, 0.25) is 15.9 Å². The summed E-state index contributed by atoms with van der Waals surface area (Å²) in [7, 11) is -3.92. The highest BCUT2D eigenvalue weighted by atomic mass is 32.2. The van der Waals surface area contributed by atoms with Gasteiger partial charge >= 0.3 is 0 Å². The summed E-state index contributed by atoms with van der Waals surface area (Å²) in [6.07, 6.45) is 0. The topological polar surface area (TPSA) is 86.8 Å². The van der Waals surface area contributed by atoms with Gasteiger partial charge in [-0.15, -0.1) is 0 Å². The lowest BCUT2D eigenvalue weighted by Gasteiger charge is -2.36. The number of benzene rings is 2. The highest BCUT2D eigenvalue weighted by molar-refractivity contribution is 7.89. The maximum absolute atomic E-state index is 14.0. The Morgan fingerprint density at radius 1 is 1.00 bits per heavy atom. The lowest BCUT2D eigenvalue weighted by atomic mass is 10.0. The molecule has 160 valence electrons. The van der Waals surface area contributed by atoms with Gasteiger partial charge in [0, 0.05) is 44.4 Å². The molecule has 0 spiro atoms. The molecule has 3 rings (SSSR count). The molecule has 30 heavy (non-hydrogen) atoms. The van der Waals surface area contributed by atoms with Crippen LogP contribution in [-0.4, -0.2) is 61.5 Å². The molecule has 1 saturated heterocycles. The monoisotopic (exact) mass is 433 g/mol. The maximum Gasteiger partial charge on any atom is 0.246 e. The number of anilines is 1. The lowest BCUT2D eigenvalue weighted by Crippen LogP contribution is -2.53. The number of sulfonamides is 1. The molecule has 2 aromatic rings. The minimum Gasteiger partial charge on any atom is -0.326 e. The first-order chi connectivity index (χ1) is 14.2. The Hall–Kier alpha value is -2.62. The maximum atomic E-state index is 14.0. The molecule has 1 atom stereocenters. The van der Waals surface area contributed by atoms with Crippen LogP contribution in [0.15, 0.2) is 53.4 Å². The first-order valence-electron chi connectivity index (χ1n) is 9.61. The number of Topliss-reactive ketones (excluding diaryl/α,β-unsaturated/α-hetero) is 1. The van der Waals surface area contributed by atoms with E-state index in [0.717, 1.165) is 6.07 Å². The number of rotatable bonds is 6. The summed E-state index contributed by atoms with van der Waals surface area (Å²) in [6, 6.07) is 11.5. The largest absolute Gasteiger partial charge is 0.326 e. The predicted molar refractivity (Wildman–Crippen MR) is 111 cm³/mol. The van der Waals surface area contributed by atoms with E-state index in [-0.39, 0.29) is 29.7 Å². The number of nitrogens with one attached hydrogen (secondary N) is 1. The Bertz CT molecular complexity index is 1030. The van der Waals surface area contributed by atoms with E-state index in [1.54, 1.807) is 31.2 Å². The van der Waals surface area contributed by atoms with Crippen molar-refractivity contribution < 1.29 is 22.4 Å². The minimum absolute atomic E-state index is 0.0882. The number of halogens is 1. The van der Waals surface area contributed by atoms with Crippen LogP contribution in [0.1, 0.15) is 24.2 Å². The molecule has 1 aliphatic heterocycles. The Labute approximate surface area is 175 Å². The van der Waals surface area contributed by atoms with Gasteiger partial charge in [0.25, 0.3) is 0 Å². The molecule has 1 amide bonds. The Morgan fingerprint density at radius 3 is 2.17 bits per heavy atom. The van der Waals surface area contributed by atoms with Gasteiger partial charge in [-0.2, -0.15) is 4.31 Å². The van der Waals surface area contributed by atoms with Crippen molar-refractivity contribution in [2.24, 2.45) is 0 Å². The Kier molecular flexibility index (Phi) is 6.64. The third-order valence-electron chi connectivity index (χ3n) is 5.14. The fourth-order valence-corrected chi connectivity index (χ4v) is 4.94. The van der Waals surface area contributed by atoms with Crippen molar-refractivity contribution in [2.75, 3.05) is 31.5 Å². The second-order valence-corrected chi connectivity index (χ2v) is 9.08. The molecule has 1 heterocycles. The van der Waals surface area contributed by atoms with E-state index in [1.807, 2.05) is 4.90 Å². The molecule has 0 bridgehead atoms. The number of piperazine rings is 1. The van der Waals surface area contributed by atoms with Gasteiger partial charge in [-0.1, -0.05) is 12.1 Å². The molecule has 1 fully saturated rings. The van der Waals surface area contributed by atoms with Crippen LogP contribution >= 0.6 is 0 Å². The highest BCUT2D eigenvalue weighted by Crippen LogP contribution is 2.22. The van der Waals surface area contributed by atoms with E-state index in [1.165, 1.54) is 29.4 Å². The molecule has 1 aliphatic rings. The quantitative estimate of drug-likeness (QED) is 0.707. The van der Waals surface area contributed by atoms with Gasteiger partial charge in [0.1, 0.15) is 10.7 Å². The molecule has 0 aliphatic carbocycles. The van der Waals surface area contributed by atoms with E-state index in [4.69, 9.17) is 0 Å². The predicted octanol–water partition coefficient (Wildman–Crippen LogP) is 2.36. The van der Waals surface area contributed by atoms with Crippen molar-refractivity contribution >= 4 is 27.4 Å². The zero-order valence-electron chi connectivity index (χ0n) is 16.8. The molecule has 2 aromatic carbocycles. The number of hydrogen-bond acceptors (Lipinski definition) is 5. The third kappa shape index (κ3) is 4.75. The van der Waals surface area contributed by atoms with E-state index >= 15 is 0 Å². The molecule has 0 aromatic heterocycles. The standard InChI is InChI=1S/C21H24FN3O4S/c1-15(21(27)17-7-9-18(10-8-17)23-16(2)26)24-11-13-25(14-12-24)30(28,29)20-6-4-3-5-19(20)22/h3-10,15H,11-14H2,1-2H3,(H,23,26)/t15-/m1/s1. The van der Waals surface area contributed by atoms with Crippen molar-refractivity contribution in [2.45, 2.75) is 24.8 Å². The van der Waals surface area contributed by atoms with Crippen molar-refractivity contribution in [3.63, 3.8) is 0 Å². The number of amides is 1. The summed E-state index contributed by atoms with van der Waals surface area (Å²) in [5.74, 6) is -1.05. The number of carbonyl (C=O) groups is 2. The second-order valence-electron chi connectivity index (χ2n) is 7.17. The molecular formula is C21H24FN3O4S. The fraction of sp³-hybridized carbons (Fsp3) is 0.333. The van der Waals surface area contributed by atoms with Gasteiger partial charge in [-0.05, 0) is 43.3 Å². The summed E-state index contributed by atoms with van der Waals surface area (Å²) < 4.78 is 40.6. The van der Waals surface area contributed by atoms with Crippen LogP contribution in [0.4, 0.5) is 10.1 Å². The minimum atomic E-state index is -3.92. The second kappa shape index (κ2) is 9.03. The first-order valence-corrected chi connectivity index (χ1v) is 11.0. The van der Waals surface area contributed by atoms with E-state index in [2.05, 4.69) is 5.32 Å². The summed E-state index contributed by atoms with van der Waals surface area (Å²) in [5.41, 5.74) is 1.12. The summed E-state index contributed by atoms with van der Waals surface area (Å²) in [4.78, 5) is 25.5. The summed E-state index contributed by atoms with van der Waals surface area (Å²) >= 11 is 0. The van der Waals surface area contributed by atoms with Gasteiger partial charge < -0.3 is 5.32 Å². The Morgan fingerprint density at radius 2 is 1.60 bits per heavy atom. The summed E-state index contributed by atoms with van der Waals surface area (Å²) in [6.45, 7) is 4.28.